The zero-order chi connectivity index (χ0) is 14.7. The Labute approximate surface area is 124 Å². The Morgan fingerprint density at radius 1 is 1.45 bits per heavy atom. The van der Waals surface area contributed by atoms with E-state index in [2.05, 4.69) is 23.9 Å². The largest absolute Gasteiger partial charge is 0.478 e. The summed E-state index contributed by atoms with van der Waals surface area (Å²) in [6, 6.07) is 6.25. The normalized spacial score (nSPS) is 19.4. The predicted octanol–water partition coefficient (Wildman–Crippen LogP) is 2.64. The van der Waals surface area contributed by atoms with Crippen LogP contribution in [0.3, 0.4) is 0 Å². The van der Waals surface area contributed by atoms with Crippen LogP contribution < -0.4 is 4.90 Å². The zero-order valence-corrected chi connectivity index (χ0v) is 13.1. The minimum absolute atomic E-state index is 0.444. The van der Waals surface area contributed by atoms with Gasteiger partial charge in [-0.15, -0.1) is 11.8 Å². The Morgan fingerprint density at radius 2 is 2.20 bits per heavy atom. The maximum absolute atomic E-state index is 11.6. The number of nitrogens with zero attached hydrogens (tertiary/aromatic N) is 2. The van der Waals surface area contributed by atoms with Gasteiger partial charge in [0, 0.05) is 24.0 Å². The van der Waals surface area contributed by atoms with Gasteiger partial charge < -0.3 is 14.9 Å². The number of thioether (sulfide) groups is 1. The first-order valence-electron chi connectivity index (χ1n) is 6.86. The van der Waals surface area contributed by atoms with Crippen molar-refractivity contribution in [3.63, 3.8) is 0 Å². The molecule has 1 aliphatic rings. The van der Waals surface area contributed by atoms with Crippen molar-refractivity contribution in [3.05, 3.63) is 23.8 Å². The number of anilines is 1. The number of piperidine rings is 1. The van der Waals surface area contributed by atoms with Gasteiger partial charge in [-0.3, -0.25) is 0 Å². The second-order valence-electron chi connectivity index (χ2n) is 5.37. The van der Waals surface area contributed by atoms with E-state index in [0.717, 1.165) is 30.1 Å². The van der Waals surface area contributed by atoms with Gasteiger partial charge in [-0.05, 0) is 45.3 Å². The molecule has 0 aliphatic carbocycles. The molecule has 2 rings (SSSR count). The molecule has 5 heteroatoms. The molecule has 1 atom stereocenters. The Balaban J connectivity index is 2.34. The first kappa shape index (κ1) is 15.2. The summed E-state index contributed by atoms with van der Waals surface area (Å²) in [5, 5.41) is 9.53. The summed E-state index contributed by atoms with van der Waals surface area (Å²) in [4.78, 5) is 16.9. The monoisotopic (exact) mass is 294 g/mol. The van der Waals surface area contributed by atoms with E-state index in [0.29, 0.717) is 11.6 Å². The summed E-state index contributed by atoms with van der Waals surface area (Å²) in [6.45, 7) is 1.83. The number of benzene rings is 1. The first-order chi connectivity index (χ1) is 9.54. The molecular weight excluding hydrogens is 272 g/mol. The molecule has 1 N–H and O–H groups in total. The van der Waals surface area contributed by atoms with E-state index in [-0.39, 0.29) is 0 Å². The first-order valence-corrected chi connectivity index (χ1v) is 8.08. The van der Waals surface area contributed by atoms with Crippen molar-refractivity contribution in [2.24, 2.45) is 0 Å². The number of hydrogen-bond donors (Lipinski definition) is 1. The van der Waals surface area contributed by atoms with Crippen molar-refractivity contribution < 1.29 is 9.90 Å². The molecule has 1 unspecified atom stereocenters. The second-order valence-corrected chi connectivity index (χ2v) is 6.21. The summed E-state index contributed by atoms with van der Waals surface area (Å²) >= 11 is 1.49. The average Bonchev–Trinajstić information content (AvgIpc) is 2.46. The van der Waals surface area contributed by atoms with Crippen molar-refractivity contribution in [3.8, 4) is 0 Å². The van der Waals surface area contributed by atoms with Gasteiger partial charge >= 0.3 is 5.97 Å². The molecule has 20 heavy (non-hydrogen) atoms. The molecule has 0 amide bonds. The van der Waals surface area contributed by atoms with Gasteiger partial charge in [-0.25, -0.2) is 4.79 Å². The Kier molecular flexibility index (Phi) is 4.94. The van der Waals surface area contributed by atoms with Gasteiger partial charge in [-0.2, -0.15) is 0 Å². The fraction of sp³-hybridized carbons (Fsp3) is 0.533. The molecule has 110 valence electrons. The van der Waals surface area contributed by atoms with Crippen LogP contribution in [-0.2, 0) is 0 Å². The molecule has 1 aliphatic heterocycles. The van der Waals surface area contributed by atoms with E-state index in [1.54, 1.807) is 0 Å². The summed E-state index contributed by atoms with van der Waals surface area (Å²) in [5.41, 5.74) is 1.30. The molecule has 0 radical (unpaired) electrons. The number of hydrogen-bond acceptors (Lipinski definition) is 4. The van der Waals surface area contributed by atoms with Crippen LogP contribution in [0.4, 0.5) is 5.69 Å². The number of carbonyl (C=O) groups is 1. The quantitative estimate of drug-likeness (QED) is 0.865. The highest BCUT2D eigenvalue weighted by molar-refractivity contribution is 7.98. The SMILES string of the molecule is CSc1cccc(N2CCCC(N(C)C)C2)c1C(=O)O. The van der Waals surface area contributed by atoms with Gasteiger partial charge in [-0.1, -0.05) is 6.07 Å². The van der Waals surface area contributed by atoms with Crippen LogP contribution in [0.2, 0.25) is 0 Å². The van der Waals surface area contributed by atoms with Gasteiger partial charge in [0.15, 0.2) is 0 Å². The van der Waals surface area contributed by atoms with E-state index in [1.165, 1.54) is 18.2 Å². The smallest absolute Gasteiger partial charge is 0.338 e. The predicted molar refractivity (Wildman–Crippen MR) is 84.1 cm³/mol. The van der Waals surface area contributed by atoms with Crippen molar-refractivity contribution in [1.82, 2.24) is 4.90 Å². The van der Waals surface area contributed by atoms with Gasteiger partial charge in [0.1, 0.15) is 0 Å². The lowest BCUT2D eigenvalue weighted by atomic mass is 10.0. The van der Waals surface area contributed by atoms with E-state index >= 15 is 0 Å². The third kappa shape index (κ3) is 3.10. The van der Waals surface area contributed by atoms with E-state index in [4.69, 9.17) is 0 Å². The highest BCUT2D eigenvalue weighted by Gasteiger charge is 2.25. The van der Waals surface area contributed by atoms with Crippen molar-refractivity contribution >= 4 is 23.4 Å². The lowest BCUT2D eigenvalue weighted by Crippen LogP contribution is -2.45. The Bertz CT molecular complexity index is 491. The second kappa shape index (κ2) is 6.50. The number of likely N-dealkylation sites (N-methyl/N-ethyl adjacent to an activating group) is 1. The molecule has 0 aromatic heterocycles. The van der Waals surface area contributed by atoms with E-state index in [1.807, 2.05) is 24.5 Å². The maximum Gasteiger partial charge on any atom is 0.338 e. The fourth-order valence-corrected chi connectivity index (χ4v) is 3.37. The minimum Gasteiger partial charge on any atom is -0.478 e. The van der Waals surface area contributed by atoms with Crippen LogP contribution in [0.1, 0.15) is 23.2 Å². The number of aromatic carboxylic acids is 1. The van der Waals surface area contributed by atoms with Crippen LogP contribution in [-0.4, -0.2) is 55.5 Å². The van der Waals surface area contributed by atoms with Crippen LogP contribution in [0.5, 0.6) is 0 Å². The Morgan fingerprint density at radius 3 is 2.80 bits per heavy atom. The lowest BCUT2D eigenvalue weighted by molar-refractivity contribution is 0.0693. The minimum atomic E-state index is -0.836. The third-order valence-electron chi connectivity index (χ3n) is 3.91. The molecule has 1 aromatic carbocycles. The summed E-state index contributed by atoms with van der Waals surface area (Å²) in [6.07, 6.45) is 4.20. The Hall–Kier alpha value is -1.20. The van der Waals surface area contributed by atoms with Crippen LogP contribution in [0.25, 0.3) is 0 Å². The molecule has 0 bridgehead atoms. The lowest BCUT2D eigenvalue weighted by Gasteiger charge is -2.38. The van der Waals surface area contributed by atoms with Gasteiger partial charge in [0.2, 0.25) is 0 Å². The average molecular weight is 294 g/mol. The third-order valence-corrected chi connectivity index (χ3v) is 4.69. The summed E-state index contributed by atoms with van der Waals surface area (Å²) < 4.78 is 0. The van der Waals surface area contributed by atoms with Gasteiger partial charge in [0.25, 0.3) is 0 Å². The zero-order valence-electron chi connectivity index (χ0n) is 12.3. The molecule has 0 saturated carbocycles. The van der Waals surface area contributed by atoms with Gasteiger partial charge in [0.05, 0.1) is 11.3 Å². The van der Waals surface area contributed by atoms with Crippen molar-refractivity contribution in [2.75, 3.05) is 38.3 Å². The number of carboxylic acids is 1. The standard InChI is InChI=1S/C15H22N2O2S/c1-16(2)11-6-5-9-17(10-11)12-7-4-8-13(20-3)14(12)15(18)19/h4,7-8,11H,5-6,9-10H2,1-3H3,(H,18,19). The molecule has 4 nitrogen and oxygen atoms in total. The molecule has 1 heterocycles. The summed E-state index contributed by atoms with van der Waals surface area (Å²) in [5.74, 6) is -0.836. The molecule has 0 spiro atoms. The number of carboxylic acid groups (broad SMARTS) is 1. The summed E-state index contributed by atoms with van der Waals surface area (Å²) in [7, 11) is 4.18. The number of rotatable bonds is 4. The van der Waals surface area contributed by atoms with Crippen molar-refractivity contribution in [1.29, 1.82) is 0 Å². The maximum atomic E-state index is 11.6. The molecule has 1 aromatic rings. The highest BCUT2D eigenvalue weighted by atomic mass is 32.2. The topological polar surface area (TPSA) is 43.8 Å². The fourth-order valence-electron chi connectivity index (χ4n) is 2.76. The molecule has 1 fully saturated rings. The van der Waals surface area contributed by atoms with Crippen LogP contribution >= 0.6 is 11.8 Å². The van der Waals surface area contributed by atoms with Crippen molar-refractivity contribution in [2.45, 2.75) is 23.8 Å². The van der Waals surface area contributed by atoms with Crippen LogP contribution in [0, 0.1) is 0 Å². The van der Waals surface area contributed by atoms with E-state index < -0.39 is 5.97 Å². The van der Waals surface area contributed by atoms with Crippen LogP contribution in [0.15, 0.2) is 23.1 Å². The van der Waals surface area contributed by atoms with E-state index in [9.17, 15) is 9.90 Å². The molecular formula is C15H22N2O2S. The highest BCUT2D eigenvalue weighted by Crippen LogP contribution is 2.31. The molecule has 1 saturated heterocycles.